The van der Waals surface area contributed by atoms with Gasteiger partial charge in [-0.25, -0.2) is 0 Å². The van der Waals surface area contributed by atoms with Crippen molar-refractivity contribution in [3.63, 3.8) is 0 Å². The highest BCUT2D eigenvalue weighted by atomic mass is 16.1. The van der Waals surface area contributed by atoms with Gasteiger partial charge in [-0.2, -0.15) is 0 Å². The molecule has 98 valence electrons. The van der Waals surface area contributed by atoms with Crippen LogP contribution in [0.15, 0.2) is 60.7 Å². The van der Waals surface area contributed by atoms with E-state index in [0.717, 1.165) is 16.6 Å². The highest BCUT2D eigenvalue weighted by Crippen LogP contribution is 2.17. The second-order valence-electron chi connectivity index (χ2n) is 4.95. The summed E-state index contributed by atoms with van der Waals surface area (Å²) in [6.45, 7) is 1.90. The number of nitrogens with zero attached hydrogens (tertiary/aromatic N) is 1. The maximum absolute atomic E-state index is 12.2. The molecule has 0 N–H and O–H groups in total. The Balaban J connectivity index is 1.87. The van der Waals surface area contributed by atoms with Crippen molar-refractivity contribution in [3.8, 4) is 0 Å². The lowest BCUT2D eigenvalue weighted by molar-refractivity contribution is 0.0988. The Morgan fingerprint density at radius 2 is 1.75 bits per heavy atom. The fraction of sp³-hybridized carbons (Fsp3) is 0.111. The molecular weight excluding hydrogens is 246 g/mol. The minimum Gasteiger partial charge on any atom is -0.292 e. The number of carbonyl (C=O) groups is 1. The molecule has 2 aromatic carbocycles. The van der Waals surface area contributed by atoms with Crippen molar-refractivity contribution in [1.29, 1.82) is 0 Å². The van der Waals surface area contributed by atoms with E-state index in [-0.39, 0.29) is 5.78 Å². The number of pyridine rings is 1. The van der Waals surface area contributed by atoms with Gasteiger partial charge in [-0.15, -0.1) is 0 Å². The summed E-state index contributed by atoms with van der Waals surface area (Å²) in [6.07, 6.45) is 0.390. The molecule has 1 aromatic heterocycles. The van der Waals surface area contributed by atoms with Gasteiger partial charge in [0.05, 0.1) is 0 Å². The molecule has 0 atom stereocenters. The number of benzene rings is 2. The van der Waals surface area contributed by atoms with E-state index in [4.69, 9.17) is 0 Å². The largest absolute Gasteiger partial charge is 0.292 e. The number of hydrogen-bond acceptors (Lipinski definition) is 2. The number of carbonyl (C=O) groups excluding carboxylic acids is 1. The summed E-state index contributed by atoms with van der Waals surface area (Å²) >= 11 is 0. The standard InChI is InChI=1S/C18H15NO/c1-13-5-4-8-17(19-13)18(20)12-14-9-10-15-6-2-3-7-16(15)11-14/h2-11H,12H2,1H3. The van der Waals surface area contributed by atoms with Crippen molar-refractivity contribution in [1.82, 2.24) is 4.98 Å². The molecule has 0 aliphatic rings. The first-order chi connectivity index (χ1) is 9.72. The third-order valence-corrected chi connectivity index (χ3v) is 3.35. The van der Waals surface area contributed by atoms with Crippen LogP contribution in [-0.2, 0) is 6.42 Å². The van der Waals surface area contributed by atoms with Gasteiger partial charge in [0, 0.05) is 12.1 Å². The van der Waals surface area contributed by atoms with Crippen molar-refractivity contribution < 1.29 is 4.79 Å². The molecule has 0 amide bonds. The Bertz CT molecular complexity index is 777. The van der Waals surface area contributed by atoms with Gasteiger partial charge in [0.25, 0.3) is 0 Å². The molecule has 0 aliphatic carbocycles. The van der Waals surface area contributed by atoms with Crippen molar-refractivity contribution in [2.45, 2.75) is 13.3 Å². The van der Waals surface area contributed by atoms with Crippen LogP contribution in [0.2, 0.25) is 0 Å². The van der Waals surface area contributed by atoms with Gasteiger partial charge in [0.2, 0.25) is 0 Å². The number of rotatable bonds is 3. The topological polar surface area (TPSA) is 30.0 Å². The zero-order valence-electron chi connectivity index (χ0n) is 11.3. The molecule has 0 aliphatic heterocycles. The Hall–Kier alpha value is -2.48. The highest BCUT2D eigenvalue weighted by Gasteiger charge is 2.09. The summed E-state index contributed by atoms with van der Waals surface area (Å²) in [5, 5.41) is 2.35. The molecule has 0 fully saturated rings. The van der Waals surface area contributed by atoms with E-state index < -0.39 is 0 Å². The maximum Gasteiger partial charge on any atom is 0.185 e. The average Bonchev–Trinajstić information content (AvgIpc) is 2.47. The summed E-state index contributed by atoms with van der Waals surface area (Å²) in [7, 11) is 0. The summed E-state index contributed by atoms with van der Waals surface area (Å²) in [5.41, 5.74) is 2.43. The van der Waals surface area contributed by atoms with Crippen LogP contribution in [0, 0.1) is 6.92 Å². The van der Waals surface area contributed by atoms with Crippen molar-refractivity contribution in [2.75, 3.05) is 0 Å². The van der Waals surface area contributed by atoms with Crippen molar-refractivity contribution in [2.24, 2.45) is 0 Å². The third kappa shape index (κ3) is 2.59. The van der Waals surface area contributed by atoms with Gasteiger partial charge in [-0.05, 0) is 35.4 Å². The average molecular weight is 261 g/mol. The van der Waals surface area contributed by atoms with Crippen LogP contribution in [0.4, 0.5) is 0 Å². The van der Waals surface area contributed by atoms with Crippen molar-refractivity contribution in [3.05, 3.63) is 77.6 Å². The highest BCUT2D eigenvalue weighted by molar-refractivity contribution is 5.96. The van der Waals surface area contributed by atoms with E-state index in [1.165, 1.54) is 5.39 Å². The lowest BCUT2D eigenvalue weighted by Gasteiger charge is -2.04. The fourth-order valence-electron chi connectivity index (χ4n) is 2.32. The van der Waals surface area contributed by atoms with Crippen LogP contribution >= 0.6 is 0 Å². The molecule has 0 bridgehead atoms. The quantitative estimate of drug-likeness (QED) is 0.668. The molecule has 3 aromatic rings. The van der Waals surface area contributed by atoms with E-state index in [1.807, 2.05) is 37.3 Å². The first-order valence-electron chi connectivity index (χ1n) is 6.67. The van der Waals surface area contributed by atoms with E-state index in [1.54, 1.807) is 6.07 Å². The zero-order chi connectivity index (χ0) is 13.9. The summed E-state index contributed by atoms with van der Waals surface area (Å²) in [5.74, 6) is 0.0592. The molecule has 20 heavy (non-hydrogen) atoms. The molecule has 3 rings (SSSR count). The SMILES string of the molecule is Cc1cccc(C(=O)Cc2ccc3ccccc3c2)n1. The van der Waals surface area contributed by atoms with E-state index in [2.05, 4.69) is 29.2 Å². The third-order valence-electron chi connectivity index (χ3n) is 3.35. The minimum atomic E-state index is 0.0592. The number of hydrogen-bond donors (Lipinski definition) is 0. The Morgan fingerprint density at radius 1 is 0.950 bits per heavy atom. The first kappa shape index (κ1) is 12.5. The number of fused-ring (bicyclic) bond motifs is 1. The Morgan fingerprint density at radius 3 is 2.55 bits per heavy atom. The molecule has 0 spiro atoms. The zero-order valence-corrected chi connectivity index (χ0v) is 11.3. The number of Topliss-reactive ketones (excluding diaryl/α,β-unsaturated/α-hetero) is 1. The minimum absolute atomic E-state index is 0.0592. The van der Waals surface area contributed by atoms with Crippen LogP contribution in [-0.4, -0.2) is 10.8 Å². The summed E-state index contributed by atoms with van der Waals surface area (Å²) in [6, 6.07) is 19.8. The van der Waals surface area contributed by atoms with E-state index >= 15 is 0 Å². The van der Waals surface area contributed by atoms with Gasteiger partial charge < -0.3 is 0 Å². The predicted octanol–water partition coefficient (Wildman–Crippen LogP) is 3.97. The normalized spacial score (nSPS) is 10.7. The maximum atomic E-state index is 12.2. The lowest BCUT2D eigenvalue weighted by Crippen LogP contribution is -2.06. The van der Waals surface area contributed by atoms with Gasteiger partial charge >= 0.3 is 0 Å². The number of aryl methyl sites for hydroxylation is 1. The smallest absolute Gasteiger partial charge is 0.185 e. The molecule has 2 nitrogen and oxygen atoms in total. The molecule has 2 heteroatoms. The molecule has 0 saturated heterocycles. The molecular formula is C18H15NO. The Kier molecular flexibility index (Phi) is 3.30. The van der Waals surface area contributed by atoms with Crippen LogP contribution in [0.3, 0.4) is 0 Å². The first-order valence-corrected chi connectivity index (χ1v) is 6.67. The van der Waals surface area contributed by atoms with Crippen LogP contribution in [0.1, 0.15) is 21.7 Å². The molecule has 0 saturated carbocycles. The van der Waals surface area contributed by atoms with Crippen LogP contribution in [0.5, 0.6) is 0 Å². The lowest BCUT2D eigenvalue weighted by atomic mass is 10.0. The van der Waals surface area contributed by atoms with Gasteiger partial charge in [0.15, 0.2) is 5.78 Å². The monoisotopic (exact) mass is 261 g/mol. The molecule has 1 heterocycles. The molecule has 0 unspecified atom stereocenters. The van der Waals surface area contributed by atoms with Crippen LogP contribution < -0.4 is 0 Å². The van der Waals surface area contributed by atoms with E-state index in [9.17, 15) is 4.79 Å². The fourth-order valence-corrected chi connectivity index (χ4v) is 2.32. The van der Waals surface area contributed by atoms with Gasteiger partial charge in [0.1, 0.15) is 5.69 Å². The second kappa shape index (κ2) is 5.25. The van der Waals surface area contributed by atoms with Gasteiger partial charge in [-0.1, -0.05) is 48.5 Å². The van der Waals surface area contributed by atoms with Crippen LogP contribution in [0.25, 0.3) is 10.8 Å². The summed E-state index contributed by atoms with van der Waals surface area (Å²) in [4.78, 5) is 16.5. The van der Waals surface area contributed by atoms with Gasteiger partial charge in [-0.3, -0.25) is 9.78 Å². The van der Waals surface area contributed by atoms with Crippen molar-refractivity contribution >= 4 is 16.6 Å². The second-order valence-corrected chi connectivity index (χ2v) is 4.95. The summed E-state index contributed by atoms with van der Waals surface area (Å²) < 4.78 is 0. The Labute approximate surface area is 118 Å². The van der Waals surface area contributed by atoms with E-state index in [0.29, 0.717) is 12.1 Å². The number of aromatic nitrogens is 1. The number of ketones is 1. The predicted molar refractivity (Wildman–Crippen MR) is 81.0 cm³/mol. The molecule has 0 radical (unpaired) electrons.